The second-order valence-electron chi connectivity index (χ2n) is 9.31. The van der Waals surface area contributed by atoms with Crippen LogP contribution in [0.5, 0.6) is 5.75 Å². The summed E-state index contributed by atoms with van der Waals surface area (Å²) >= 11 is 0. The average molecular weight is 421 g/mol. The van der Waals surface area contributed by atoms with E-state index in [2.05, 4.69) is 33.4 Å². The second kappa shape index (κ2) is 6.82. The predicted octanol–water partition coefficient (Wildman–Crippen LogP) is 2.95. The summed E-state index contributed by atoms with van der Waals surface area (Å²) in [6.45, 7) is 5.22. The summed E-state index contributed by atoms with van der Waals surface area (Å²) in [5.41, 5.74) is 3.41. The molecule has 8 nitrogen and oxygen atoms in total. The summed E-state index contributed by atoms with van der Waals surface area (Å²) in [6.07, 6.45) is 8.34. The minimum absolute atomic E-state index is 0.0662. The van der Waals surface area contributed by atoms with Crippen molar-refractivity contribution in [3.63, 3.8) is 0 Å². The molecule has 2 saturated carbocycles. The monoisotopic (exact) mass is 420 g/mol. The maximum absolute atomic E-state index is 12.1. The van der Waals surface area contributed by atoms with Crippen molar-refractivity contribution in [1.29, 1.82) is 0 Å². The zero-order valence-corrected chi connectivity index (χ0v) is 18.0. The van der Waals surface area contributed by atoms with Crippen LogP contribution in [0.25, 0.3) is 16.8 Å². The van der Waals surface area contributed by atoms with Gasteiger partial charge in [-0.3, -0.25) is 14.4 Å². The molecule has 3 aliphatic rings. The molecule has 1 N–H and O–H groups in total. The highest BCUT2D eigenvalue weighted by molar-refractivity contribution is 5.93. The van der Waals surface area contributed by atoms with Crippen molar-refractivity contribution in [2.75, 3.05) is 25.0 Å². The van der Waals surface area contributed by atoms with Gasteiger partial charge in [0.2, 0.25) is 5.91 Å². The van der Waals surface area contributed by atoms with Crippen molar-refractivity contribution in [3.8, 4) is 17.0 Å². The fourth-order valence-corrected chi connectivity index (χ4v) is 4.96. The molecule has 1 saturated heterocycles. The van der Waals surface area contributed by atoms with E-state index in [0.717, 1.165) is 41.9 Å². The molecule has 1 aliphatic heterocycles. The molecule has 3 fully saturated rings. The van der Waals surface area contributed by atoms with Gasteiger partial charge >= 0.3 is 0 Å². The number of rotatable bonds is 7. The third kappa shape index (κ3) is 3.20. The molecule has 2 aliphatic carbocycles. The second-order valence-corrected chi connectivity index (χ2v) is 9.31. The molecule has 31 heavy (non-hydrogen) atoms. The van der Waals surface area contributed by atoms with Crippen LogP contribution in [0.2, 0.25) is 0 Å². The zero-order chi connectivity index (χ0) is 21.2. The number of ether oxygens (including phenoxy) is 1. The Balaban J connectivity index is 1.23. The topological polar surface area (TPSA) is 76.7 Å². The van der Waals surface area contributed by atoms with E-state index in [-0.39, 0.29) is 11.8 Å². The molecule has 8 heteroatoms. The van der Waals surface area contributed by atoms with Gasteiger partial charge in [0, 0.05) is 42.8 Å². The first-order chi connectivity index (χ1) is 15.1. The van der Waals surface area contributed by atoms with Gasteiger partial charge in [-0.2, -0.15) is 10.2 Å². The molecule has 162 valence electrons. The van der Waals surface area contributed by atoms with Gasteiger partial charge < -0.3 is 10.1 Å². The number of likely N-dealkylation sites (tertiary alicyclic amines) is 1. The zero-order valence-electron chi connectivity index (χ0n) is 18.0. The van der Waals surface area contributed by atoms with Gasteiger partial charge in [0.25, 0.3) is 0 Å². The van der Waals surface area contributed by atoms with Crippen molar-refractivity contribution in [3.05, 3.63) is 30.6 Å². The molecular weight excluding hydrogens is 392 g/mol. The first-order valence-corrected chi connectivity index (χ1v) is 11.3. The first kappa shape index (κ1) is 18.9. The predicted molar refractivity (Wildman–Crippen MR) is 117 cm³/mol. The lowest BCUT2D eigenvalue weighted by Crippen LogP contribution is -2.60. The van der Waals surface area contributed by atoms with Crippen LogP contribution in [-0.2, 0) is 11.8 Å². The number of carbonyl (C=O) groups excluding carboxylic acids is 1. The molecule has 1 atom stereocenters. The normalized spacial score (nSPS) is 21.9. The van der Waals surface area contributed by atoms with Crippen molar-refractivity contribution in [2.45, 2.75) is 38.6 Å². The fourth-order valence-electron chi connectivity index (χ4n) is 4.96. The van der Waals surface area contributed by atoms with E-state index >= 15 is 0 Å². The highest BCUT2D eigenvalue weighted by Gasteiger charge is 2.59. The van der Waals surface area contributed by atoms with Crippen molar-refractivity contribution >= 4 is 17.2 Å². The van der Waals surface area contributed by atoms with Crippen LogP contribution in [0, 0.1) is 11.3 Å². The lowest BCUT2D eigenvalue weighted by atomic mass is 9.85. The van der Waals surface area contributed by atoms with Gasteiger partial charge in [-0.15, -0.1) is 0 Å². The molecule has 0 aromatic carbocycles. The Hall–Kier alpha value is -2.87. The van der Waals surface area contributed by atoms with Crippen LogP contribution in [-0.4, -0.2) is 55.9 Å². The molecule has 6 rings (SSSR count). The van der Waals surface area contributed by atoms with E-state index in [9.17, 15) is 4.79 Å². The van der Waals surface area contributed by atoms with Crippen molar-refractivity contribution in [1.82, 2.24) is 24.3 Å². The van der Waals surface area contributed by atoms with Crippen LogP contribution < -0.4 is 10.1 Å². The summed E-state index contributed by atoms with van der Waals surface area (Å²) in [5.74, 6) is 1.63. The molecule has 1 unspecified atom stereocenters. The number of likely N-dealkylation sites (N-methyl/N-ethyl adjacent to an activating group) is 1. The van der Waals surface area contributed by atoms with E-state index in [4.69, 9.17) is 4.74 Å². The van der Waals surface area contributed by atoms with Gasteiger partial charge in [0.15, 0.2) is 11.6 Å². The van der Waals surface area contributed by atoms with Crippen LogP contribution in [0.1, 0.15) is 32.6 Å². The van der Waals surface area contributed by atoms with Crippen molar-refractivity contribution in [2.24, 2.45) is 18.4 Å². The average Bonchev–Trinajstić information content (AvgIpc) is 3.66. The minimum atomic E-state index is 0.0662. The summed E-state index contributed by atoms with van der Waals surface area (Å²) in [4.78, 5) is 14.6. The number of nitrogens with zero attached hydrogens (tertiary/aromatic N) is 5. The lowest BCUT2D eigenvalue weighted by molar-refractivity contribution is -0.117. The molecule has 1 amide bonds. The quantitative estimate of drug-likeness (QED) is 0.636. The smallest absolute Gasteiger partial charge is 0.228 e. The van der Waals surface area contributed by atoms with E-state index in [1.54, 1.807) is 4.52 Å². The Morgan fingerprint density at radius 2 is 2.16 bits per heavy atom. The molecule has 1 spiro atoms. The largest absolute Gasteiger partial charge is 0.488 e. The third-order valence-corrected chi connectivity index (χ3v) is 7.20. The number of nitrogens with one attached hydrogen (secondary N) is 1. The number of fused-ring (bicyclic) bond motifs is 1. The first-order valence-electron chi connectivity index (χ1n) is 11.3. The van der Waals surface area contributed by atoms with Crippen LogP contribution >= 0.6 is 0 Å². The highest BCUT2D eigenvalue weighted by Crippen LogP contribution is 2.57. The molecular formula is C23H28N6O2. The van der Waals surface area contributed by atoms with Gasteiger partial charge in [0.05, 0.1) is 17.8 Å². The number of anilines is 1. The molecule has 4 heterocycles. The summed E-state index contributed by atoms with van der Waals surface area (Å²) in [6, 6.07) is 6.50. The Morgan fingerprint density at radius 1 is 1.32 bits per heavy atom. The Bertz CT molecular complexity index is 1160. The van der Waals surface area contributed by atoms with Gasteiger partial charge in [-0.25, -0.2) is 4.52 Å². The van der Waals surface area contributed by atoms with Gasteiger partial charge in [-0.05, 0) is 44.4 Å². The standard InChI is InChI=1S/C23H28N6O2/c1-3-28-14-23(7-8-23)19(28)13-31-18-12-24-27(2)21(18)16-6-9-29-17(10-16)11-20(26-29)25-22(30)15-4-5-15/h6,9-12,15,19H,3-5,7-8,13-14H2,1-2H3,(H,25,26,30). The number of aryl methyl sites for hydroxylation is 1. The number of amides is 1. The number of carbonyl (C=O) groups is 1. The lowest BCUT2D eigenvalue weighted by Gasteiger charge is -2.48. The van der Waals surface area contributed by atoms with E-state index in [1.165, 1.54) is 19.4 Å². The summed E-state index contributed by atoms with van der Waals surface area (Å²) < 4.78 is 9.97. The molecule has 0 bridgehead atoms. The van der Waals surface area contributed by atoms with Gasteiger partial charge in [-0.1, -0.05) is 6.92 Å². The van der Waals surface area contributed by atoms with Crippen LogP contribution in [0.4, 0.5) is 5.82 Å². The number of hydrogen-bond donors (Lipinski definition) is 1. The van der Waals surface area contributed by atoms with E-state index < -0.39 is 0 Å². The molecule has 3 aromatic heterocycles. The van der Waals surface area contributed by atoms with Crippen molar-refractivity contribution < 1.29 is 9.53 Å². The Labute approximate surface area is 181 Å². The maximum Gasteiger partial charge on any atom is 0.228 e. The van der Waals surface area contributed by atoms with Crippen LogP contribution in [0.3, 0.4) is 0 Å². The summed E-state index contributed by atoms with van der Waals surface area (Å²) in [5, 5.41) is 11.9. The van der Waals surface area contributed by atoms with Gasteiger partial charge in [0.1, 0.15) is 12.3 Å². The molecule has 0 radical (unpaired) electrons. The SMILES string of the molecule is CCN1CC2(CC2)C1COc1cnn(C)c1-c1ccn2nc(NC(=O)C3CC3)cc2c1. The highest BCUT2D eigenvalue weighted by atomic mass is 16.5. The van der Waals surface area contributed by atoms with E-state index in [1.807, 2.05) is 36.3 Å². The van der Waals surface area contributed by atoms with Crippen LogP contribution in [0.15, 0.2) is 30.6 Å². The Kier molecular flexibility index (Phi) is 4.15. The number of aromatic nitrogens is 4. The number of pyridine rings is 1. The van der Waals surface area contributed by atoms with E-state index in [0.29, 0.717) is 23.9 Å². The minimum Gasteiger partial charge on any atom is -0.488 e. The Morgan fingerprint density at radius 3 is 2.90 bits per heavy atom. The third-order valence-electron chi connectivity index (χ3n) is 7.20. The summed E-state index contributed by atoms with van der Waals surface area (Å²) in [7, 11) is 1.94. The maximum atomic E-state index is 12.1. The molecule has 3 aromatic rings. The fraction of sp³-hybridized carbons (Fsp3) is 0.522. The number of hydrogen-bond acceptors (Lipinski definition) is 5.